The van der Waals surface area contributed by atoms with E-state index in [0.717, 1.165) is 0 Å². The van der Waals surface area contributed by atoms with E-state index < -0.39 is 16.1 Å². The first kappa shape index (κ1) is 13.1. The lowest BCUT2D eigenvalue weighted by molar-refractivity contribution is 0.198. The maximum absolute atomic E-state index is 11.7. The molecule has 1 atom stereocenters. The summed E-state index contributed by atoms with van der Waals surface area (Å²) in [5, 5.41) is 8.98. The van der Waals surface area contributed by atoms with E-state index in [2.05, 4.69) is 9.71 Å². The molecule has 1 unspecified atom stereocenters. The van der Waals surface area contributed by atoms with Crippen molar-refractivity contribution in [1.82, 2.24) is 14.3 Å². The van der Waals surface area contributed by atoms with Crippen LogP contribution in [-0.4, -0.2) is 35.7 Å². The molecule has 7 heteroatoms. The Morgan fingerprint density at radius 3 is 2.56 bits per heavy atom. The van der Waals surface area contributed by atoms with Crippen LogP contribution in [-0.2, 0) is 10.0 Å². The number of sulfonamides is 1. The molecule has 0 aromatic carbocycles. The van der Waals surface area contributed by atoms with Crippen molar-refractivity contribution >= 4 is 10.0 Å². The fourth-order valence-corrected chi connectivity index (χ4v) is 2.10. The molecule has 1 aromatic heterocycles. The molecule has 0 aliphatic rings. The standard InChI is InChI=1S/C9H17N3O3S/c1-7(2)12-5-9(10-6-12)16(14,15)11-4-8(3)13/h5-8,11,13H,4H2,1-3H3. The molecule has 1 heterocycles. The zero-order valence-corrected chi connectivity index (χ0v) is 10.4. The summed E-state index contributed by atoms with van der Waals surface area (Å²) >= 11 is 0. The molecule has 0 fully saturated rings. The molecule has 0 spiro atoms. The predicted molar refractivity (Wildman–Crippen MR) is 59.5 cm³/mol. The average Bonchev–Trinajstić information content (AvgIpc) is 2.64. The number of nitrogens with zero attached hydrogens (tertiary/aromatic N) is 2. The molecule has 0 saturated carbocycles. The monoisotopic (exact) mass is 247 g/mol. The number of aromatic nitrogens is 2. The molecular weight excluding hydrogens is 230 g/mol. The summed E-state index contributed by atoms with van der Waals surface area (Å²) in [5.74, 6) is 0. The summed E-state index contributed by atoms with van der Waals surface area (Å²) in [6.45, 7) is 5.36. The van der Waals surface area contributed by atoms with Crippen LogP contribution in [0.1, 0.15) is 26.8 Å². The Balaban J connectivity index is 2.82. The first-order valence-corrected chi connectivity index (χ1v) is 6.52. The van der Waals surface area contributed by atoms with Crippen molar-refractivity contribution in [1.29, 1.82) is 0 Å². The van der Waals surface area contributed by atoms with Crippen LogP contribution in [0.15, 0.2) is 17.6 Å². The van der Waals surface area contributed by atoms with Crippen LogP contribution in [0.2, 0.25) is 0 Å². The third-order valence-electron chi connectivity index (χ3n) is 2.02. The lowest BCUT2D eigenvalue weighted by Gasteiger charge is -2.06. The first-order chi connectivity index (χ1) is 7.33. The van der Waals surface area contributed by atoms with Crippen molar-refractivity contribution in [2.45, 2.75) is 37.9 Å². The number of imidazole rings is 1. The Morgan fingerprint density at radius 1 is 1.50 bits per heavy atom. The van der Waals surface area contributed by atoms with Crippen LogP contribution in [0.3, 0.4) is 0 Å². The Labute approximate surface area is 95.4 Å². The van der Waals surface area contributed by atoms with E-state index in [1.165, 1.54) is 19.4 Å². The molecule has 0 amide bonds. The Morgan fingerprint density at radius 2 is 2.12 bits per heavy atom. The number of hydrogen-bond acceptors (Lipinski definition) is 4. The zero-order chi connectivity index (χ0) is 12.3. The van der Waals surface area contributed by atoms with Crippen molar-refractivity contribution in [3.05, 3.63) is 12.5 Å². The highest BCUT2D eigenvalue weighted by Gasteiger charge is 2.18. The highest BCUT2D eigenvalue weighted by Crippen LogP contribution is 2.09. The molecule has 16 heavy (non-hydrogen) atoms. The lowest BCUT2D eigenvalue weighted by atomic mass is 10.4. The third-order valence-corrected chi connectivity index (χ3v) is 3.33. The van der Waals surface area contributed by atoms with Crippen LogP contribution in [0.5, 0.6) is 0 Å². The van der Waals surface area contributed by atoms with E-state index in [9.17, 15) is 8.42 Å². The highest BCUT2D eigenvalue weighted by molar-refractivity contribution is 7.89. The van der Waals surface area contributed by atoms with E-state index in [0.29, 0.717) is 0 Å². The van der Waals surface area contributed by atoms with Gasteiger partial charge in [0.05, 0.1) is 12.4 Å². The number of aliphatic hydroxyl groups excluding tert-OH is 1. The predicted octanol–water partition coefficient (Wildman–Crippen LogP) is 0.123. The van der Waals surface area contributed by atoms with E-state index >= 15 is 0 Å². The van der Waals surface area contributed by atoms with Crippen LogP contribution in [0.25, 0.3) is 0 Å². The van der Waals surface area contributed by atoms with E-state index in [1.54, 1.807) is 4.57 Å². The average molecular weight is 247 g/mol. The van der Waals surface area contributed by atoms with Crippen molar-refractivity contribution in [2.24, 2.45) is 0 Å². The van der Waals surface area contributed by atoms with Gasteiger partial charge in [0.25, 0.3) is 10.0 Å². The molecule has 1 rings (SSSR count). The van der Waals surface area contributed by atoms with E-state index in [1.807, 2.05) is 13.8 Å². The van der Waals surface area contributed by atoms with Gasteiger partial charge in [-0.15, -0.1) is 0 Å². The van der Waals surface area contributed by atoms with Gasteiger partial charge in [-0.3, -0.25) is 0 Å². The van der Waals surface area contributed by atoms with Gasteiger partial charge in [-0.25, -0.2) is 18.1 Å². The second kappa shape index (κ2) is 4.94. The van der Waals surface area contributed by atoms with Crippen LogP contribution in [0, 0.1) is 0 Å². The maximum atomic E-state index is 11.7. The molecule has 2 N–H and O–H groups in total. The van der Waals surface area contributed by atoms with Gasteiger partial charge in [-0.2, -0.15) is 0 Å². The van der Waals surface area contributed by atoms with Crippen LogP contribution < -0.4 is 4.72 Å². The third kappa shape index (κ3) is 3.29. The van der Waals surface area contributed by atoms with Gasteiger partial charge in [-0.05, 0) is 20.8 Å². The van der Waals surface area contributed by atoms with Crippen LogP contribution >= 0.6 is 0 Å². The molecule has 0 radical (unpaired) electrons. The second-order valence-electron chi connectivity index (χ2n) is 3.95. The molecular formula is C9H17N3O3S. The quantitative estimate of drug-likeness (QED) is 0.774. The van der Waals surface area contributed by atoms with Gasteiger partial charge in [0, 0.05) is 18.8 Å². The maximum Gasteiger partial charge on any atom is 0.259 e. The Hall–Kier alpha value is -0.920. The highest BCUT2D eigenvalue weighted by atomic mass is 32.2. The van der Waals surface area contributed by atoms with Gasteiger partial charge in [-0.1, -0.05) is 0 Å². The summed E-state index contributed by atoms with van der Waals surface area (Å²) in [6.07, 6.45) is 2.22. The number of rotatable bonds is 5. The Kier molecular flexibility index (Phi) is 4.06. The summed E-state index contributed by atoms with van der Waals surface area (Å²) in [4.78, 5) is 3.82. The summed E-state index contributed by atoms with van der Waals surface area (Å²) in [6, 6.07) is 0.160. The van der Waals surface area contributed by atoms with E-state index in [-0.39, 0.29) is 17.6 Å². The number of hydrogen-bond donors (Lipinski definition) is 2. The van der Waals surface area contributed by atoms with Crippen molar-refractivity contribution < 1.29 is 13.5 Å². The first-order valence-electron chi connectivity index (χ1n) is 5.04. The lowest BCUT2D eigenvalue weighted by Crippen LogP contribution is -2.30. The second-order valence-corrected chi connectivity index (χ2v) is 5.67. The fourth-order valence-electron chi connectivity index (χ4n) is 1.04. The van der Waals surface area contributed by atoms with Gasteiger partial charge >= 0.3 is 0 Å². The van der Waals surface area contributed by atoms with Crippen LogP contribution in [0.4, 0.5) is 0 Å². The number of aliphatic hydroxyl groups is 1. The molecule has 0 aliphatic carbocycles. The Bertz CT molecular complexity index is 437. The van der Waals surface area contributed by atoms with E-state index in [4.69, 9.17) is 5.11 Å². The van der Waals surface area contributed by atoms with Crippen molar-refractivity contribution in [2.75, 3.05) is 6.54 Å². The van der Waals surface area contributed by atoms with Crippen molar-refractivity contribution in [3.63, 3.8) is 0 Å². The minimum atomic E-state index is -3.61. The summed E-state index contributed by atoms with van der Waals surface area (Å²) < 4.78 is 27.3. The minimum absolute atomic E-state index is 0.0170. The van der Waals surface area contributed by atoms with Gasteiger partial charge in [0.1, 0.15) is 0 Å². The normalized spacial score (nSPS) is 14.3. The molecule has 1 aromatic rings. The zero-order valence-electron chi connectivity index (χ0n) is 9.58. The molecule has 92 valence electrons. The molecule has 0 aliphatic heterocycles. The molecule has 0 saturated heterocycles. The number of nitrogens with one attached hydrogen (secondary N) is 1. The van der Waals surface area contributed by atoms with Gasteiger partial charge < -0.3 is 9.67 Å². The SMILES string of the molecule is CC(O)CNS(=O)(=O)c1cn(C(C)C)cn1. The van der Waals surface area contributed by atoms with Crippen molar-refractivity contribution in [3.8, 4) is 0 Å². The molecule has 0 bridgehead atoms. The summed E-state index contributed by atoms with van der Waals surface area (Å²) in [7, 11) is -3.61. The smallest absolute Gasteiger partial charge is 0.259 e. The molecule has 6 nitrogen and oxygen atoms in total. The minimum Gasteiger partial charge on any atom is -0.392 e. The van der Waals surface area contributed by atoms with Gasteiger partial charge in [0.2, 0.25) is 0 Å². The van der Waals surface area contributed by atoms with Gasteiger partial charge in [0.15, 0.2) is 5.03 Å². The fraction of sp³-hybridized carbons (Fsp3) is 0.667. The topological polar surface area (TPSA) is 84.2 Å². The largest absolute Gasteiger partial charge is 0.392 e. The summed E-state index contributed by atoms with van der Waals surface area (Å²) in [5.41, 5.74) is 0.